The van der Waals surface area contributed by atoms with Crippen LogP contribution in [0.2, 0.25) is 0 Å². The zero-order valence-corrected chi connectivity index (χ0v) is 12.8. The van der Waals surface area contributed by atoms with Crippen LogP contribution < -0.4 is 0 Å². The molecule has 0 bridgehead atoms. The molecule has 0 spiro atoms. The summed E-state index contributed by atoms with van der Waals surface area (Å²) in [5.41, 5.74) is 0.118. The number of carboxylic acid groups (broad SMARTS) is 1. The number of aromatic carboxylic acids is 1. The van der Waals surface area contributed by atoms with Gasteiger partial charge in [-0.25, -0.2) is 18.2 Å². The van der Waals surface area contributed by atoms with Crippen LogP contribution in [0.1, 0.15) is 17.3 Å². The van der Waals surface area contributed by atoms with Crippen molar-refractivity contribution in [3.05, 3.63) is 48.2 Å². The summed E-state index contributed by atoms with van der Waals surface area (Å²) >= 11 is 1.18. The molecule has 5 nitrogen and oxygen atoms in total. The number of nitrogens with zero attached hydrogens (tertiary/aromatic N) is 1. The van der Waals surface area contributed by atoms with Crippen LogP contribution in [0.3, 0.4) is 0 Å². The van der Waals surface area contributed by atoms with Gasteiger partial charge < -0.3 is 5.11 Å². The molecule has 2 aromatic rings. The van der Waals surface area contributed by atoms with Crippen molar-refractivity contribution in [2.24, 2.45) is 0 Å². The van der Waals surface area contributed by atoms with E-state index in [0.29, 0.717) is 5.03 Å². The molecule has 0 amide bonds. The van der Waals surface area contributed by atoms with Gasteiger partial charge in [-0.05, 0) is 36.4 Å². The van der Waals surface area contributed by atoms with Gasteiger partial charge in [-0.1, -0.05) is 18.7 Å². The molecule has 7 heteroatoms. The molecular formula is C14H13NO4S2. The summed E-state index contributed by atoms with van der Waals surface area (Å²) in [6.45, 7) is 1.59. The van der Waals surface area contributed by atoms with Crippen LogP contribution >= 0.6 is 11.8 Å². The summed E-state index contributed by atoms with van der Waals surface area (Å²) in [5.74, 6) is -1.00. The lowest BCUT2D eigenvalue weighted by Gasteiger charge is -2.06. The van der Waals surface area contributed by atoms with Crippen LogP contribution in [0.4, 0.5) is 0 Å². The zero-order valence-electron chi connectivity index (χ0n) is 11.2. The average Bonchev–Trinajstić information content (AvgIpc) is 2.48. The second-order valence-electron chi connectivity index (χ2n) is 4.14. The third kappa shape index (κ3) is 3.62. The Morgan fingerprint density at radius 2 is 1.90 bits per heavy atom. The van der Waals surface area contributed by atoms with Crippen molar-refractivity contribution in [3.63, 3.8) is 0 Å². The summed E-state index contributed by atoms with van der Waals surface area (Å²) in [6, 6.07) is 9.37. The van der Waals surface area contributed by atoms with Crippen LogP contribution in [0.25, 0.3) is 0 Å². The van der Waals surface area contributed by atoms with E-state index in [0.717, 1.165) is 4.90 Å². The Morgan fingerprint density at radius 3 is 2.48 bits per heavy atom. The summed E-state index contributed by atoms with van der Waals surface area (Å²) < 4.78 is 23.4. The molecule has 2 rings (SSSR count). The minimum Gasteiger partial charge on any atom is -0.478 e. The van der Waals surface area contributed by atoms with Crippen LogP contribution in [0.15, 0.2) is 57.4 Å². The van der Waals surface area contributed by atoms with Gasteiger partial charge in [0.05, 0.1) is 16.2 Å². The molecule has 0 radical (unpaired) electrons. The lowest BCUT2D eigenvalue weighted by Crippen LogP contribution is -2.03. The van der Waals surface area contributed by atoms with E-state index in [-0.39, 0.29) is 16.2 Å². The highest BCUT2D eigenvalue weighted by molar-refractivity contribution is 7.99. The molecule has 1 aromatic carbocycles. The van der Waals surface area contributed by atoms with Crippen molar-refractivity contribution in [1.82, 2.24) is 4.98 Å². The monoisotopic (exact) mass is 323 g/mol. The first kappa shape index (κ1) is 15.5. The van der Waals surface area contributed by atoms with Crippen LogP contribution in [-0.4, -0.2) is 30.2 Å². The Hall–Kier alpha value is -1.86. The number of sulfone groups is 1. The molecule has 0 atom stereocenters. The number of benzene rings is 1. The largest absolute Gasteiger partial charge is 0.478 e. The van der Waals surface area contributed by atoms with E-state index in [1.165, 1.54) is 36.2 Å². The average molecular weight is 323 g/mol. The van der Waals surface area contributed by atoms with Crippen molar-refractivity contribution in [1.29, 1.82) is 0 Å². The summed E-state index contributed by atoms with van der Waals surface area (Å²) in [5, 5.41) is 9.47. The number of hydrogen-bond acceptors (Lipinski definition) is 5. The normalized spacial score (nSPS) is 11.3. The van der Waals surface area contributed by atoms with Crippen molar-refractivity contribution in [2.75, 3.05) is 5.75 Å². The second kappa shape index (κ2) is 6.28. The van der Waals surface area contributed by atoms with Gasteiger partial charge >= 0.3 is 5.97 Å². The molecule has 1 aromatic heterocycles. The van der Waals surface area contributed by atoms with E-state index in [2.05, 4.69) is 4.98 Å². The van der Waals surface area contributed by atoms with Gasteiger partial charge in [0, 0.05) is 11.1 Å². The number of hydrogen-bond donors (Lipinski definition) is 1. The minimum absolute atomic E-state index is 0.0445. The van der Waals surface area contributed by atoms with Crippen molar-refractivity contribution in [3.8, 4) is 0 Å². The predicted octanol–water partition coefficient (Wildman–Crippen LogP) is 2.72. The highest BCUT2D eigenvalue weighted by atomic mass is 32.2. The number of carboxylic acids is 1. The van der Waals surface area contributed by atoms with Gasteiger partial charge in [0.2, 0.25) is 0 Å². The smallest absolute Gasteiger partial charge is 0.338 e. The van der Waals surface area contributed by atoms with Gasteiger partial charge in [-0.15, -0.1) is 0 Å². The van der Waals surface area contributed by atoms with Crippen molar-refractivity contribution >= 4 is 27.6 Å². The fraction of sp³-hybridized carbons (Fsp3) is 0.143. The minimum atomic E-state index is -3.23. The number of pyridine rings is 1. The van der Waals surface area contributed by atoms with Gasteiger partial charge in [0.1, 0.15) is 5.03 Å². The van der Waals surface area contributed by atoms with Crippen molar-refractivity contribution < 1.29 is 18.3 Å². The summed E-state index contributed by atoms with van der Waals surface area (Å²) in [4.78, 5) is 16.1. The molecule has 0 aliphatic carbocycles. The lowest BCUT2D eigenvalue weighted by atomic mass is 10.3. The summed E-state index contributed by atoms with van der Waals surface area (Å²) in [6.07, 6.45) is 1.52. The highest BCUT2D eigenvalue weighted by Crippen LogP contribution is 2.29. The lowest BCUT2D eigenvalue weighted by molar-refractivity contribution is 0.0692. The summed E-state index contributed by atoms with van der Waals surface area (Å²) in [7, 11) is -3.23. The van der Waals surface area contributed by atoms with E-state index in [1.54, 1.807) is 25.1 Å². The first-order chi connectivity index (χ1) is 9.94. The van der Waals surface area contributed by atoms with Crippen LogP contribution in [-0.2, 0) is 9.84 Å². The quantitative estimate of drug-likeness (QED) is 0.911. The Bertz CT molecular complexity index is 755. The first-order valence-electron chi connectivity index (χ1n) is 6.13. The van der Waals surface area contributed by atoms with Crippen LogP contribution in [0.5, 0.6) is 0 Å². The molecule has 0 aliphatic rings. The molecule has 0 fully saturated rings. The third-order valence-electron chi connectivity index (χ3n) is 2.78. The molecule has 0 aliphatic heterocycles. The Morgan fingerprint density at radius 1 is 1.24 bits per heavy atom. The maximum absolute atomic E-state index is 11.7. The maximum Gasteiger partial charge on any atom is 0.338 e. The topological polar surface area (TPSA) is 84.3 Å². The number of rotatable bonds is 5. The van der Waals surface area contributed by atoms with Crippen LogP contribution in [0, 0.1) is 0 Å². The Kier molecular flexibility index (Phi) is 4.64. The Labute approximate surface area is 127 Å². The van der Waals surface area contributed by atoms with E-state index in [4.69, 9.17) is 5.11 Å². The van der Waals surface area contributed by atoms with E-state index in [1.807, 2.05) is 0 Å². The van der Waals surface area contributed by atoms with E-state index in [9.17, 15) is 13.2 Å². The van der Waals surface area contributed by atoms with Gasteiger partial charge in [0.25, 0.3) is 0 Å². The molecule has 0 saturated carbocycles. The predicted molar refractivity (Wildman–Crippen MR) is 79.5 cm³/mol. The molecule has 0 unspecified atom stereocenters. The fourth-order valence-corrected chi connectivity index (χ4v) is 3.39. The standard InChI is InChI=1S/C14H13NO4S2/c1-2-21(18,19)11-7-5-10(6-8-11)20-13-12(14(16)17)4-3-9-15-13/h3-9H,2H2,1H3,(H,16,17). The van der Waals surface area contributed by atoms with E-state index < -0.39 is 15.8 Å². The molecule has 1 heterocycles. The van der Waals surface area contributed by atoms with Crippen molar-refractivity contribution in [2.45, 2.75) is 21.7 Å². The molecule has 110 valence electrons. The second-order valence-corrected chi connectivity index (χ2v) is 7.48. The van der Waals surface area contributed by atoms with Gasteiger partial charge in [-0.2, -0.15) is 0 Å². The highest BCUT2D eigenvalue weighted by Gasteiger charge is 2.14. The van der Waals surface area contributed by atoms with Gasteiger partial charge in [0.15, 0.2) is 9.84 Å². The van der Waals surface area contributed by atoms with E-state index >= 15 is 0 Å². The molecular weight excluding hydrogens is 310 g/mol. The molecule has 1 N–H and O–H groups in total. The van der Waals surface area contributed by atoms with Gasteiger partial charge in [-0.3, -0.25) is 0 Å². The molecule has 21 heavy (non-hydrogen) atoms. The third-order valence-corrected chi connectivity index (χ3v) is 5.56. The fourth-order valence-electron chi connectivity index (χ4n) is 1.63. The molecule has 0 saturated heterocycles. The first-order valence-corrected chi connectivity index (χ1v) is 8.60. The zero-order chi connectivity index (χ0) is 15.5. The number of aromatic nitrogens is 1. The Balaban J connectivity index is 2.28. The number of carbonyl (C=O) groups is 1. The SMILES string of the molecule is CCS(=O)(=O)c1ccc(Sc2ncccc2C(=O)O)cc1. The maximum atomic E-state index is 11.7.